The number of hydrogen-bond donors (Lipinski definition) is 1. The molecule has 1 N–H and O–H groups in total. The summed E-state index contributed by atoms with van der Waals surface area (Å²) in [6.45, 7) is 0. The first-order valence-electron chi connectivity index (χ1n) is 1.29. The van der Waals surface area contributed by atoms with E-state index in [1.54, 1.807) is 0 Å². The summed E-state index contributed by atoms with van der Waals surface area (Å²) in [5.74, 6) is 0. The van der Waals surface area contributed by atoms with Gasteiger partial charge in [-0.1, -0.05) is 0 Å². The quantitative estimate of drug-likeness (QED) is 0.519. The molecule has 54 valence electrons. The predicted molar refractivity (Wildman–Crippen MR) is 17.6 cm³/mol. The maximum Gasteiger partial charge on any atom is 0.522 e. The Morgan fingerprint density at radius 3 is 1.33 bits per heavy atom. The molecule has 8 heteroatoms. The molecule has 0 radical (unpaired) electrons. The van der Waals surface area contributed by atoms with Gasteiger partial charge in [-0.2, -0.15) is 21.6 Å². The van der Waals surface area contributed by atoms with E-state index in [1.807, 2.05) is 0 Å². The van der Waals surface area contributed by atoms with Gasteiger partial charge in [-0.05, 0) is 0 Å². The fourth-order valence-corrected chi connectivity index (χ4v) is 0. The van der Waals surface area contributed by atoms with Gasteiger partial charge in [0.25, 0.3) is 0 Å². The molecule has 0 rings (SSSR count). The van der Waals surface area contributed by atoms with Gasteiger partial charge in [0.2, 0.25) is 0 Å². The van der Waals surface area contributed by atoms with Crippen molar-refractivity contribution in [2.45, 2.75) is 5.51 Å². The number of rotatable bonds is 0. The van der Waals surface area contributed by atoms with Gasteiger partial charge < -0.3 is 0 Å². The normalized spacial score (nSPS) is 12.4. The van der Waals surface area contributed by atoms with E-state index in [4.69, 9.17) is 13.0 Å². The van der Waals surface area contributed by atoms with Crippen molar-refractivity contribution < 1.29 is 67.9 Å². The fraction of sp³-hybridized carbons (Fsp3) is 1.00. The topological polar surface area (TPSA) is 54.4 Å². The van der Waals surface area contributed by atoms with Crippen molar-refractivity contribution in [2.75, 3.05) is 0 Å². The van der Waals surface area contributed by atoms with E-state index in [0.717, 1.165) is 0 Å². The molecule has 0 saturated carbocycles. The van der Waals surface area contributed by atoms with Crippen molar-refractivity contribution in [3.63, 3.8) is 0 Å². The monoisotopic (exact) mass is 290 g/mol. The van der Waals surface area contributed by atoms with Crippen LogP contribution < -0.4 is 0 Å². The molecule has 0 saturated heterocycles. The fourth-order valence-electron chi connectivity index (χ4n) is 0. The maximum atomic E-state index is 10.7. The first kappa shape index (κ1) is 12.7. The first-order chi connectivity index (χ1) is 3.25. The zero-order valence-electron chi connectivity index (χ0n) is 3.81. The summed E-state index contributed by atoms with van der Waals surface area (Å²) >= 11 is 0. The molecule has 0 unspecified atom stereocenters. The van der Waals surface area contributed by atoms with Crippen molar-refractivity contribution in [1.82, 2.24) is 0 Å². The Bertz CT molecular complexity index is 168. The van der Waals surface area contributed by atoms with E-state index in [1.165, 1.54) is 0 Å². The Kier molecular flexibility index (Phi) is 4.90. The van der Waals surface area contributed by atoms with Crippen molar-refractivity contribution in [2.24, 2.45) is 0 Å². The summed E-state index contributed by atoms with van der Waals surface area (Å²) in [6.07, 6.45) is 0. The van der Waals surface area contributed by atoms with E-state index in [9.17, 15) is 13.2 Å². The summed E-state index contributed by atoms with van der Waals surface area (Å²) in [5.41, 5.74) is -5.53. The minimum absolute atomic E-state index is 0. The van der Waals surface area contributed by atoms with Crippen LogP contribution in [0, 0.1) is 41.7 Å². The molecule has 0 aromatic carbocycles. The zero-order chi connectivity index (χ0) is 7.00. The minimum atomic E-state index is -5.84. The molecular formula is CHCeF3O3S. The summed E-state index contributed by atoms with van der Waals surface area (Å²) in [4.78, 5) is 0. The largest absolute Gasteiger partial charge is 0.522 e. The van der Waals surface area contributed by atoms with Crippen molar-refractivity contribution >= 4 is 10.1 Å². The van der Waals surface area contributed by atoms with Gasteiger partial charge in [-0.25, -0.2) is 0 Å². The molecular weight excluding hydrogens is 289 g/mol. The molecule has 0 heterocycles. The average molecular weight is 290 g/mol. The molecule has 0 aliphatic rings. The molecule has 0 spiro atoms. The number of halogens is 3. The summed E-state index contributed by atoms with van der Waals surface area (Å²) < 4.78 is 57.5. The van der Waals surface area contributed by atoms with Crippen molar-refractivity contribution in [3.8, 4) is 0 Å². The SMILES string of the molecule is O=S(=O)(O)C(F)(F)F.[Ce]. The summed E-state index contributed by atoms with van der Waals surface area (Å²) in [5, 5.41) is 0. The van der Waals surface area contributed by atoms with Gasteiger partial charge in [0.05, 0.1) is 0 Å². The van der Waals surface area contributed by atoms with Crippen LogP contribution in [-0.4, -0.2) is 18.5 Å². The second-order valence-corrected chi connectivity index (χ2v) is 2.33. The van der Waals surface area contributed by atoms with Crippen LogP contribution in [0.1, 0.15) is 0 Å². The average Bonchev–Trinajstić information content (AvgIpc) is 1.25. The van der Waals surface area contributed by atoms with Crippen LogP contribution in [0.5, 0.6) is 0 Å². The Labute approximate surface area is 82.7 Å². The molecule has 0 bridgehead atoms. The van der Waals surface area contributed by atoms with Crippen LogP contribution >= 0.6 is 0 Å². The second kappa shape index (κ2) is 3.46. The first-order valence-corrected chi connectivity index (χ1v) is 2.73. The second-order valence-electron chi connectivity index (χ2n) is 0.921. The van der Waals surface area contributed by atoms with Gasteiger partial charge in [-0.15, -0.1) is 0 Å². The Morgan fingerprint density at radius 2 is 1.33 bits per heavy atom. The third-order valence-corrected chi connectivity index (χ3v) is 0.877. The Morgan fingerprint density at radius 1 is 1.22 bits per heavy atom. The molecule has 0 fully saturated rings. The van der Waals surface area contributed by atoms with Gasteiger partial charge >= 0.3 is 15.6 Å². The van der Waals surface area contributed by atoms with E-state index >= 15 is 0 Å². The van der Waals surface area contributed by atoms with Gasteiger partial charge in [0.15, 0.2) is 0 Å². The van der Waals surface area contributed by atoms with E-state index in [-0.39, 0.29) is 41.7 Å². The van der Waals surface area contributed by atoms with Crippen molar-refractivity contribution in [1.29, 1.82) is 0 Å². The van der Waals surface area contributed by atoms with Crippen molar-refractivity contribution in [3.05, 3.63) is 0 Å². The molecule has 0 aromatic rings. The van der Waals surface area contributed by atoms with E-state index in [2.05, 4.69) is 0 Å². The Hall–Kier alpha value is 1.08. The van der Waals surface area contributed by atoms with Crippen LogP contribution in [0.4, 0.5) is 13.2 Å². The molecule has 3 nitrogen and oxygen atoms in total. The zero-order valence-corrected chi connectivity index (χ0v) is 7.76. The van der Waals surface area contributed by atoms with Crippen LogP contribution in [0.3, 0.4) is 0 Å². The van der Waals surface area contributed by atoms with Gasteiger partial charge in [0, 0.05) is 41.7 Å². The molecule has 0 aliphatic heterocycles. The number of hydrogen-bond acceptors (Lipinski definition) is 2. The van der Waals surface area contributed by atoms with E-state index in [0.29, 0.717) is 0 Å². The van der Waals surface area contributed by atoms with Gasteiger partial charge in [0.1, 0.15) is 0 Å². The van der Waals surface area contributed by atoms with Crippen LogP contribution in [0.25, 0.3) is 0 Å². The third kappa shape index (κ3) is 4.48. The smallest absolute Gasteiger partial charge is 0.279 e. The standard InChI is InChI=1S/CHF3O3S.Ce/c2-1(3,4)8(5,6)7;/h(H,5,6,7);. The van der Waals surface area contributed by atoms with Crippen LogP contribution in [0.15, 0.2) is 0 Å². The summed E-state index contributed by atoms with van der Waals surface area (Å²) in [7, 11) is -5.84. The molecule has 9 heavy (non-hydrogen) atoms. The van der Waals surface area contributed by atoms with Gasteiger partial charge in [-0.3, -0.25) is 4.55 Å². The molecule has 0 atom stereocenters. The molecule has 0 aromatic heterocycles. The predicted octanol–water partition coefficient (Wildman–Crippen LogP) is 0.394. The molecule has 0 amide bonds. The van der Waals surface area contributed by atoms with Crippen LogP contribution in [0.2, 0.25) is 0 Å². The summed E-state index contributed by atoms with van der Waals surface area (Å²) in [6, 6.07) is 0. The van der Waals surface area contributed by atoms with E-state index < -0.39 is 15.6 Å². The van der Waals surface area contributed by atoms with Crippen LogP contribution in [-0.2, 0) is 10.1 Å². The number of alkyl halides is 3. The Balaban J connectivity index is 0. The maximum absolute atomic E-state index is 10.7. The minimum Gasteiger partial charge on any atom is -0.279 e. The molecule has 0 aliphatic carbocycles. The third-order valence-electron chi connectivity index (χ3n) is 0.292.